The largest absolute Gasteiger partial charge is 0.508 e. The van der Waals surface area contributed by atoms with E-state index < -0.39 is 0 Å². The molecule has 0 aliphatic heterocycles. The van der Waals surface area contributed by atoms with E-state index in [9.17, 15) is 9.90 Å². The van der Waals surface area contributed by atoms with Crippen molar-refractivity contribution in [1.82, 2.24) is 5.32 Å². The molecule has 1 saturated carbocycles. The molecule has 1 aromatic rings. The fourth-order valence-corrected chi connectivity index (χ4v) is 3.05. The van der Waals surface area contributed by atoms with Crippen LogP contribution in [0.5, 0.6) is 5.75 Å². The third-order valence-corrected chi connectivity index (χ3v) is 4.85. The van der Waals surface area contributed by atoms with E-state index in [0.29, 0.717) is 29.4 Å². The summed E-state index contributed by atoms with van der Waals surface area (Å²) in [5.74, 6) is 1.89. The SMILES string of the molecule is CC(NCCC1CCC(=O)CC1)C(C)c1ccc(O)cc1. The standard InChI is InChI=1S/C18H27NO2/c1-13(16-5-9-18(21)10-6-16)14(2)19-12-11-15-3-7-17(20)8-4-15/h5-6,9-10,13-15,19,21H,3-4,7-8,11-12H2,1-2H3. The Hall–Kier alpha value is -1.35. The minimum Gasteiger partial charge on any atom is -0.508 e. The number of nitrogens with one attached hydrogen (secondary N) is 1. The van der Waals surface area contributed by atoms with Crippen LogP contribution in [0.3, 0.4) is 0 Å². The molecule has 1 fully saturated rings. The smallest absolute Gasteiger partial charge is 0.132 e. The Morgan fingerprint density at radius 2 is 1.81 bits per heavy atom. The Morgan fingerprint density at radius 1 is 1.19 bits per heavy atom. The Balaban J connectivity index is 1.72. The van der Waals surface area contributed by atoms with Crippen LogP contribution in [0.15, 0.2) is 24.3 Å². The van der Waals surface area contributed by atoms with Crippen molar-refractivity contribution in [2.75, 3.05) is 6.54 Å². The lowest BCUT2D eigenvalue weighted by atomic mass is 9.86. The summed E-state index contributed by atoms with van der Waals surface area (Å²) in [5, 5.41) is 12.9. The van der Waals surface area contributed by atoms with Crippen LogP contribution in [0, 0.1) is 5.92 Å². The van der Waals surface area contributed by atoms with Gasteiger partial charge in [0.15, 0.2) is 0 Å². The summed E-state index contributed by atoms with van der Waals surface area (Å²) in [4.78, 5) is 11.2. The van der Waals surface area contributed by atoms with Gasteiger partial charge < -0.3 is 10.4 Å². The maximum absolute atomic E-state index is 11.2. The van der Waals surface area contributed by atoms with Gasteiger partial charge in [-0.3, -0.25) is 4.79 Å². The lowest BCUT2D eigenvalue weighted by molar-refractivity contribution is -0.121. The molecule has 1 aliphatic carbocycles. The van der Waals surface area contributed by atoms with Crippen molar-refractivity contribution >= 4 is 5.78 Å². The normalized spacial score (nSPS) is 19.4. The molecule has 0 amide bonds. The van der Waals surface area contributed by atoms with Gasteiger partial charge in [0, 0.05) is 18.9 Å². The van der Waals surface area contributed by atoms with Crippen molar-refractivity contribution < 1.29 is 9.90 Å². The van der Waals surface area contributed by atoms with Gasteiger partial charge in [-0.1, -0.05) is 19.1 Å². The van der Waals surface area contributed by atoms with Crippen molar-refractivity contribution in [3.05, 3.63) is 29.8 Å². The minimum atomic E-state index is 0.318. The minimum absolute atomic E-state index is 0.318. The van der Waals surface area contributed by atoms with Gasteiger partial charge in [-0.15, -0.1) is 0 Å². The predicted octanol–water partition coefficient (Wildman–Crippen LogP) is 3.62. The van der Waals surface area contributed by atoms with Crippen molar-refractivity contribution in [1.29, 1.82) is 0 Å². The van der Waals surface area contributed by atoms with E-state index in [2.05, 4.69) is 19.2 Å². The molecule has 2 unspecified atom stereocenters. The van der Waals surface area contributed by atoms with Gasteiger partial charge in [0.2, 0.25) is 0 Å². The third kappa shape index (κ3) is 4.85. The van der Waals surface area contributed by atoms with Gasteiger partial charge in [-0.25, -0.2) is 0 Å². The van der Waals surface area contributed by atoms with Crippen molar-refractivity contribution in [2.45, 2.75) is 57.9 Å². The number of carbonyl (C=O) groups excluding carboxylic acids is 1. The number of hydrogen-bond acceptors (Lipinski definition) is 3. The van der Waals surface area contributed by atoms with Gasteiger partial charge >= 0.3 is 0 Å². The number of phenolic OH excluding ortho intramolecular Hbond substituents is 1. The molecule has 0 saturated heterocycles. The van der Waals surface area contributed by atoms with E-state index in [-0.39, 0.29) is 0 Å². The quantitative estimate of drug-likeness (QED) is 0.841. The zero-order chi connectivity index (χ0) is 15.2. The number of benzene rings is 1. The van der Waals surface area contributed by atoms with Crippen LogP contribution in [0.2, 0.25) is 0 Å². The molecule has 116 valence electrons. The van der Waals surface area contributed by atoms with Gasteiger partial charge in [0.1, 0.15) is 11.5 Å². The molecule has 0 spiro atoms. The first-order valence-electron chi connectivity index (χ1n) is 8.10. The molecule has 0 heterocycles. The van der Waals surface area contributed by atoms with Crippen LogP contribution in [0.4, 0.5) is 0 Å². The molecule has 2 rings (SSSR count). The van der Waals surface area contributed by atoms with Crippen LogP contribution >= 0.6 is 0 Å². The Kier molecular flexibility index (Phi) is 5.80. The van der Waals surface area contributed by atoms with E-state index in [0.717, 1.165) is 32.2 Å². The maximum atomic E-state index is 11.2. The lowest BCUT2D eigenvalue weighted by Crippen LogP contribution is -2.33. The highest BCUT2D eigenvalue weighted by Gasteiger charge is 2.19. The Morgan fingerprint density at radius 3 is 2.43 bits per heavy atom. The predicted molar refractivity (Wildman–Crippen MR) is 85.6 cm³/mol. The Labute approximate surface area is 127 Å². The monoisotopic (exact) mass is 289 g/mol. The summed E-state index contributed by atoms with van der Waals surface area (Å²) in [6, 6.07) is 7.88. The second kappa shape index (κ2) is 7.60. The van der Waals surface area contributed by atoms with Crippen molar-refractivity contribution in [3.63, 3.8) is 0 Å². The van der Waals surface area contributed by atoms with E-state index in [1.54, 1.807) is 12.1 Å². The number of hydrogen-bond donors (Lipinski definition) is 2. The molecule has 2 atom stereocenters. The highest BCUT2D eigenvalue weighted by Crippen LogP contribution is 2.25. The molecule has 1 aliphatic rings. The second-order valence-corrected chi connectivity index (χ2v) is 6.39. The number of carbonyl (C=O) groups is 1. The van der Waals surface area contributed by atoms with E-state index in [4.69, 9.17) is 0 Å². The van der Waals surface area contributed by atoms with Crippen LogP contribution in [0.1, 0.15) is 57.4 Å². The van der Waals surface area contributed by atoms with Crippen LogP contribution in [-0.4, -0.2) is 23.5 Å². The molecule has 3 heteroatoms. The highest BCUT2D eigenvalue weighted by atomic mass is 16.3. The maximum Gasteiger partial charge on any atom is 0.132 e. The van der Waals surface area contributed by atoms with Crippen molar-refractivity contribution in [2.24, 2.45) is 5.92 Å². The lowest BCUT2D eigenvalue weighted by Gasteiger charge is -2.25. The summed E-state index contributed by atoms with van der Waals surface area (Å²) in [5.41, 5.74) is 1.25. The fraction of sp³-hybridized carbons (Fsp3) is 0.611. The molecule has 21 heavy (non-hydrogen) atoms. The number of rotatable bonds is 6. The van der Waals surface area contributed by atoms with E-state index >= 15 is 0 Å². The molecule has 0 radical (unpaired) electrons. The van der Waals surface area contributed by atoms with Crippen LogP contribution < -0.4 is 5.32 Å². The van der Waals surface area contributed by atoms with Gasteiger partial charge in [0.05, 0.1) is 0 Å². The van der Waals surface area contributed by atoms with Gasteiger partial charge in [0.25, 0.3) is 0 Å². The van der Waals surface area contributed by atoms with Crippen LogP contribution in [0.25, 0.3) is 0 Å². The average molecular weight is 289 g/mol. The second-order valence-electron chi connectivity index (χ2n) is 6.39. The zero-order valence-corrected chi connectivity index (χ0v) is 13.1. The molecule has 0 bridgehead atoms. The number of Topliss-reactive ketones (excluding diaryl/α,β-unsaturated/α-hetero) is 1. The van der Waals surface area contributed by atoms with Gasteiger partial charge in [-0.05, 0) is 62.3 Å². The summed E-state index contributed by atoms with van der Waals surface area (Å²) < 4.78 is 0. The number of ketones is 1. The first-order valence-corrected chi connectivity index (χ1v) is 8.10. The molecular formula is C18H27NO2. The molecular weight excluding hydrogens is 262 g/mol. The van der Waals surface area contributed by atoms with Crippen molar-refractivity contribution in [3.8, 4) is 5.75 Å². The van der Waals surface area contributed by atoms with E-state index in [1.165, 1.54) is 12.0 Å². The zero-order valence-electron chi connectivity index (χ0n) is 13.1. The summed E-state index contributed by atoms with van der Waals surface area (Å²) >= 11 is 0. The van der Waals surface area contributed by atoms with Crippen LogP contribution in [-0.2, 0) is 4.79 Å². The molecule has 1 aromatic carbocycles. The van der Waals surface area contributed by atoms with E-state index in [1.807, 2.05) is 12.1 Å². The number of phenols is 1. The first-order chi connectivity index (χ1) is 10.1. The highest BCUT2D eigenvalue weighted by molar-refractivity contribution is 5.78. The summed E-state index contributed by atoms with van der Waals surface area (Å²) in [7, 11) is 0. The Bertz CT molecular complexity index is 445. The molecule has 2 N–H and O–H groups in total. The molecule has 0 aromatic heterocycles. The number of aromatic hydroxyl groups is 1. The topological polar surface area (TPSA) is 49.3 Å². The average Bonchev–Trinajstić information content (AvgIpc) is 2.49. The fourth-order valence-electron chi connectivity index (χ4n) is 3.05. The third-order valence-electron chi connectivity index (χ3n) is 4.85. The first kappa shape index (κ1) is 16.0. The summed E-state index contributed by atoms with van der Waals surface area (Å²) in [6.45, 7) is 5.44. The molecule has 3 nitrogen and oxygen atoms in total. The summed E-state index contributed by atoms with van der Waals surface area (Å²) in [6.07, 6.45) is 4.87. The van der Waals surface area contributed by atoms with Gasteiger partial charge in [-0.2, -0.15) is 0 Å².